The Hall–Kier alpha value is -5.05. The number of carboxylic acids is 1. The summed E-state index contributed by atoms with van der Waals surface area (Å²) in [5.41, 5.74) is 11.5. The molecule has 0 radical (unpaired) electrons. The van der Waals surface area contributed by atoms with E-state index in [2.05, 4.69) is 4.98 Å². The minimum Gasteiger partial charge on any atom is -0.481 e. The molecule has 3 aromatic heterocycles. The highest BCUT2D eigenvalue weighted by molar-refractivity contribution is 5.95. The number of fused-ring (bicyclic) bond motifs is 1. The van der Waals surface area contributed by atoms with Gasteiger partial charge in [-0.1, -0.05) is 30.3 Å². The Morgan fingerprint density at radius 3 is 2.35 bits per heavy atom. The van der Waals surface area contributed by atoms with Crippen molar-refractivity contribution in [3.63, 3.8) is 0 Å². The Balaban J connectivity index is 1.24. The van der Waals surface area contributed by atoms with Crippen molar-refractivity contribution < 1.29 is 14.7 Å². The Bertz CT molecular complexity index is 1770. The van der Waals surface area contributed by atoms with Gasteiger partial charge >= 0.3 is 5.97 Å². The monoisotopic (exact) mass is 530 g/mol. The number of amides is 1. The summed E-state index contributed by atoms with van der Waals surface area (Å²) >= 11 is 0. The van der Waals surface area contributed by atoms with Crippen molar-refractivity contribution in [3.8, 4) is 28.3 Å². The molecule has 9 heteroatoms. The molecule has 2 aliphatic rings. The van der Waals surface area contributed by atoms with Gasteiger partial charge in [-0.2, -0.15) is 0 Å². The maximum Gasteiger partial charge on any atom is 0.306 e. The number of carbonyl (C=O) groups excluding carboxylic acids is 1. The molecule has 40 heavy (non-hydrogen) atoms. The van der Waals surface area contributed by atoms with Gasteiger partial charge in [0.25, 0.3) is 5.91 Å². The fraction of sp³-hybridized carbons (Fsp3) is 0.194. The minimum atomic E-state index is -0.740. The number of nitrogens with zero attached hydrogens (tertiary/aromatic N) is 5. The van der Waals surface area contributed by atoms with Crippen LogP contribution in [0.3, 0.4) is 0 Å². The molecule has 198 valence electrons. The summed E-state index contributed by atoms with van der Waals surface area (Å²) in [5, 5.41) is 9.19. The van der Waals surface area contributed by atoms with Gasteiger partial charge in [0, 0.05) is 41.5 Å². The van der Waals surface area contributed by atoms with Crippen LogP contribution in [0.1, 0.15) is 23.2 Å². The first kappa shape index (κ1) is 24.0. The van der Waals surface area contributed by atoms with Gasteiger partial charge in [-0.25, -0.2) is 15.0 Å². The Labute approximate surface area is 229 Å². The minimum absolute atomic E-state index is 0.0188. The maximum atomic E-state index is 13.2. The third kappa shape index (κ3) is 3.89. The zero-order chi connectivity index (χ0) is 27.4. The number of aliphatic carboxylic acids is 1. The topological polar surface area (TPSA) is 127 Å². The second-order valence-electron chi connectivity index (χ2n) is 10.8. The number of carbonyl (C=O) groups is 2. The maximum absolute atomic E-state index is 13.2. The van der Waals surface area contributed by atoms with Crippen molar-refractivity contribution in [1.29, 1.82) is 0 Å². The van der Waals surface area contributed by atoms with Crippen LogP contribution in [0.15, 0.2) is 85.1 Å². The molecule has 2 fully saturated rings. The Morgan fingerprint density at radius 2 is 1.65 bits per heavy atom. The van der Waals surface area contributed by atoms with Crippen molar-refractivity contribution in [2.24, 2.45) is 11.3 Å². The van der Waals surface area contributed by atoms with E-state index in [0.29, 0.717) is 59.9 Å². The lowest BCUT2D eigenvalue weighted by atomic mass is 9.57. The number of imidazole rings is 1. The van der Waals surface area contributed by atoms with Crippen LogP contribution in [0.2, 0.25) is 0 Å². The standard InChI is InChI=1S/C31H26N6O3/c32-26-23(7-4-14-33-26)27-35-25-13-12-24(19-5-2-1-3-6-19)34-28(25)37(27)22-10-8-20(9-11-22)29(38)36-17-31(18-36)15-21(16-31)30(39)40/h1-14,21H,15-18H2,(H2,32,33)(H,39,40). The summed E-state index contributed by atoms with van der Waals surface area (Å²) in [4.78, 5) is 40.3. The number of aromatic nitrogens is 4. The number of likely N-dealkylation sites (tertiary alicyclic amines) is 1. The van der Waals surface area contributed by atoms with Crippen LogP contribution < -0.4 is 5.73 Å². The van der Waals surface area contributed by atoms with E-state index >= 15 is 0 Å². The molecule has 2 aromatic carbocycles. The van der Waals surface area contributed by atoms with Crippen molar-refractivity contribution in [3.05, 3.63) is 90.6 Å². The largest absolute Gasteiger partial charge is 0.481 e. The van der Waals surface area contributed by atoms with Crippen LogP contribution in [0.4, 0.5) is 5.82 Å². The number of pyridine rings is 2. The lowest BCUT2D eigenvalue weighted by molar-refractivity contribution is -0.157. The molecule has 4 heterocycles. The van der Waals surface area contributed by atoms with E-state index in [1.54, 1.807) is 11.1 Å². The number of rotatable bonds is 5. The van der Waals surface area contributed by atoms with Crippen molar-refractivity contribution in [2.75, 3.05) is 18.8 Å². The van der Waals surface area contributed by atoms with Crippen molar-refractivity contribution in [1.82, 2.24) is 24.4 Å². The van der Waals surface area contributed by atoms with Gasteiger partial charge in [0.05, 0.1) is 17.2 Å². The lowest BCUT2D eigenvalue weighted by Crippen LogP contribution is -2.64. The van der Waals surface area contributed by atoms with Crippen LogP contribution in [0, 0.1) is 11.3 Å². The number of anilines is 1. The van der Waals surface area contributed by atoms with Crippen molar-refractivity contribution in [2.45, 2.75) is 12.8 Å². The third-order valence-electron chi connectivity index (χ3n) is 8.07. The molecule has 9 nitrogen and oxygen atoms in total. The van der Waals surface area contributed by atoms with Crippen LogP contribution in [0.5, 0.6) is 0 Å². The second-order valence-corrected chi connectivity index (χ2v) is 10.8. The van der Waals surface area contributed by atoms with Gasteiger partial charge in [0.2, 0.25) is 0 Å². The first-order valence-corrected chi connectivity index (χ1v) is 13.2. The van der Waals surface area contributed by atoms with Gasteiger partial charge in [-0.05, 0) is 61.4 Å². The highest BCUT2D eigenvalue weighted by atomic mass is 16.4. The summed E-state index contributed by atoms with van der Waals surface area (Å²) in [7, 11) is 0. The predicted octanol–water partition coefficient (Wildman–Crippen LogP) is 4.67. The van der Waals surface area contributed by atoms with Crippen LogP contribution in [-0.2, 0) is 4.79 Å². The van der Waals surface area contributed by atoms with Gasteiger partial charge < -0.3 is 15.7 Å². The van der Waals surface area contributed by atoms with E-state index in [4.69, 9.17) is 15.7 Å². The number of nitrogen functional groups attached to an aromatic ring is 1. The lowest BCUT2D eigenvalue weighted by Gasteiger charge is -2.58. The molecule has 0 unspecified atom stereocenters. The average Bonchev–Trinajstić information content (AvgIpc) is 3.30. The molecule has 1 spiro atoms. The van der Waals surface area contributed by atoms with Gasteiger partial charge in [0.1, 0.15) is 11.3 Å². The molecular weight excluding hydrogens is 504 g/mol. The fourth-order valence-electron chi connectivity index (χ4n) is 6.02. The van der Waals surface area contributed by atoms with Gasteiger partial charge in [-0.15, -0.1) is 0 Å². The Morgan fingerprint density at radius 1 is 0.900 bits per heavy atom. The number of hydrogen-bond acceptors (Lipinski definition) is 6. The summed E-state index contributed by atoms with van der Waals surface area (Å²) < 4.78 is 1.95. The molecule has 0 atom stereocenters. The summed E-state index contributed by atoms with van der Waals surface area (Å²) in [6.45, 7) is 1.22. The molecule has 5 aromatic rings. The molecule has 1 aliphatic carbocycles. The molecule has 3 N–H and O–H groups in total. The smallest absolute Gasteiger partial charge is 0.306 e. The molecule has 1 saturated heterocycles. The van der Waals surface area contributed by atoms with E-state index in [1.807, 2.05) is 83.4 Å². The summed E-state index contributed by atoms with van der Waals surface area (Å²) in [6.07, 6.45) is 2.94. The normalized spacial score (nSPS) is 16.1. The SMILES string of the molecule is Nc1ncccc1-c1nc2ccc(-c3ccccc3)nc2n1-c1ccc(C(=O)N2CC3(CC(C(=O)O)C3)C2)cc1. The third-order valence-corrected chi connectivity index (χ3v) is 8.07. The van der Waals surface area contributed by atoms with Crippen LogP contribution in [-0.4, -0.2) is 54.5 Å². The highest BCUT2D eigenvalue weighted by Gasteiger charge is 2.55. The molecule has 0 bridgehead atoms. The van der Waals surface area contributed by atoms with E-state index < -0.39 is 5.97 Å². The number of benzene rings is 2. The van der Waals surface area contributed by atoms with Crippen LogP contribution in [0.25, 0.3) is 39.5 Å². The quantitative estimate of drug-likeness (QED) is 0.338. The molecular formula is C31H26N6O3. The molecule has 7 rings (SSSR count). The van der Waals surface area contributed by atoms with Gasteiger partial charge in [-0.3, -0.25) is 14.2 Å². The predicted molar refractivity (Wildman–Crippen MR) is 151 cm³/mol. The second kappa shape index (κ2) is 9.01. The molecule has 1 saturated carbocycles. The van der Waals surface area contributed by atoms with E-state index in [0.717, 1.165) is 16.9 Å². The van der Waals surface area contributed by atoms with Gasteiger partial charge in [0.15, 0.2) is 11.5 Å². The highest BCUT2D eigenvalue weighted by Crippen LogP contribution is 2.52. The first-order chi connectivity index (χ1) is 19.4. The van der Waals surface area contributed by atoms with E-state index in [1.165, 1.54) is 0 Å². The fourth-order valence-corrected chi connectivity index (χ4v) is 6.02. The van der Waals surface area contributed by atoms with Crippen molar-refractivity contribution >= 4 is 28.9 Å². The van der Waals surface area contributed by atoms with E-state index in [9.17, 15) is 14.7 Å². The molecule has 1 amide bonds. The first-order valence-electron chi connectivity index (χ1n) is 13.2. The molecule has 1 aliphatic heterocycles. The number of nitrogens with two attached hydrogens (primary N) is 1. The summed E-state index contributed by atoms with van der Waals surface area (Å²) in [6, 6.07) is 25.0. The Kier molecular flexibility index (Phi) is 5.41. The number of carboxylic acid groups (broad SMARTS) is 1. The zero-order valence-electron chi connectivity index (χ0n) is 21.6. The number of hydrogen-bond donors (Lipinski definition) is 2. The summed E-state index contributed by atoms with van der Waals surface area (Å²) in [5.74, 6) is -0.0916. The zero-order valence-corrected chi connectivity index (χ0v) is 21.6. The van der Waals surface area contributed by atoms with E-state index in [-0.39, 0.29) is 17.2 Å². The van der Waals surface area contributed by atoms with Crippen LogP contribution >= 0.6 is 0 Å². The average molecular weight is 531 g/mol.